The van der Waals surface area contributed by atoms with Gasteiger partial charge in [-0.25, -0.2) is 0 Å². The fourth-order valence-electron chi connectivity index (χ4n) is 3.84. The van der Waals surface area contributed by atoms with Crippen LogP contribution in [-0.2, 0) is 0 Å². The van der Waals surface area contributed by atoms with Crippen LogP contribution in [0.3, 0.4) is 0 Å². The first kappa shape index (κ1) is 16.3. The number of nitrogens with one attached hydrogen (secondary N) is 1. The van der Waals surface area contributed by atoms with Crippen LogP contribution in [-0.4, -0.2) is 36.4 Å². The van der Waals surface area contributed by atoms with E-state index in [1.54, 1.807) is 0 Å². The molecule has 118 valence electrons. The number of hydrogen-bond acceptors (Lipinski definition) is 3. The van der Waals surface area contributed by atoms with Crippen molar-refractivity contribution in [1.82, 2.24) is 5.32 Å². The topological polar surface area (TPSA) is 35.5 Å². The van der Waals surface area contributed by atoms with Gasteiger partial charge in [-0.3, -0.25) is 0 Å². The normalized spacial score (nSPS) is 25.8. The van der Waals surface area contributed by atoms with Gasteiger partial charge in [-0.2, -0.15) is 0 Å². The summed E-state index contributed by atoms with van der Waals surface area (Å²) < 4.78 is 0. The van der Waals surface area contributed by atoms with Crippen LogP contribution >= 0.6 is 0 Å². The first-order valence-electron chi connectivity index (χ1n) is 8.34. The van der Waals surface area contributed by atoms with Gasteiger partial charge in [0.2, 0.25) is 0 Å². The van der Waals surface area contributed by atoms with Gasteiger partial charge < -0.3 is 15.3 Å². The lowest BCUT2D eigenvalue weighted by atomic mass is 9.78. The highest BCUT2D eigenvalue weighted by Crippen LogP contribution is 2.34. The van der Waals surface area contributed by atoms with E-state index in [0.29, 0.717) is 6.04 Å². The summed E-state index contributed by atoms with van der Waals surface area (Å²) in [6, 6.07) is 9.14. The second-order valence-corrected chi connectivity index (χ2v) is 6.29. The second-order valence-electron chi connectivity index (χ2n) is 6.29. The number of hydrogen-bond donors (Lipinski definition) is 2. The van der Waals surface area contributed by atoms with Crippen molar-refractivity contribution in [3.8, 4) is 0 Å². The number of aliphatic hydroxyl groups excluding tert-OH is 1. The molecule has 2 N–H and O–H groups in total. The summed E-state index contributed by atoms with van der Waals surface area (Å²) in [4.78, 5) is 2.52. The molecule has 1 aliphatic carbocycles. The van der Waals surface area contributed by atoms with Crippen LogP contribution in [0.25, 0.3) is 0 Å². The van der Waals surface area contributed by atoms with Crippen molar-refractivity contribution in [2.75, 3.05) is 24.6 Å². The van der Waals surface area contributed by atoms with Crippen molar-refractivity contribution >= 4 is 5.69 Å². The summed E-state index contributed by atoms with van der Waals surface area (Å²) in [7, 11) is 0. The molecule has 0 radical (unpaired) electrons. The molecule has 3 nitrogen and oxygen atoms in total. The minimum atomic E-state index is -0.0895. The van der Waals surface area contributed by atoms with E-state index >= 15 is 0 Å². The second kappa shape index (κ2) is 7.28. The van der Waals surface area contributed by atoms with Gasteiger partial charge in [-0.15, -0.1) is 0 Å². The van der Waals surface area contributed by atoms with E-state index in [0.717, 1.165) is 25.9 Å². The molecule has 1 aliphatic rings. The molecule has 2 atom stereocenters. The summed E-state index contributed by atoms with van der Waals surface area (Å²) in [5, 5.41) is 13.4. The fraction of sp³-hybridized carbons (Fsp3) is 0.667. The molecule has 0 heterocycles. The maximum absolute atomic E-state index is 9.89. The Morgan fingerprint density at radius 1 is 1.33 bits per heavy atom. The van der Waals surface area contributed by atoms with Gasteiger partial charge in [-0.05, 0) is 57.7 Å². The lowest BCUT2D eigenvalue weighted by Crippen LogP contribution is -2.56. The minimum Gasteiger partial charge on any atom is -0.394 e. The van der Waals surface area contributed by atoms with E-state index in [4.69, 9.17) is 0 Å². The van der Waals surface area contributed by atoms with Crippen molar-refractivity contribution < 1.29 is 5.11 Å². The molecule has 0 aliphatic heterocycles. The molecule has 2 rings (SSSR count). The van der Waals surface area contributed by atoms with Gasteiger partial charge in [0, 0.05) is 23.8 Å². The molecule has 1 fully saturated rings. The Morgan fingerprint density at radius 2 is 2.10 bits per heavy atom. The predicted molar refractivity (Wildman–Crippen MR) is 89.9 cm³/mol. The SMILES string of the molecule is CCNC1(CO)CCCC(N(CC)c2ccccc2C)C1. The third-order valence-corrected chi connectivity index (χ3v) is 4.88. The van der Waals surface area contributed by atoms with E-state index in [2.05, 4.69) is 55.3 Å². The highest BCUT2D eigenvalue weighted by molar-refractivity contribution is 5.53. The van der Waals surface area contributed by atoms with Crippen LogP contribution in [0.1, 0.15) is 45.1 Å². The minimum absolute atomic E-state index is 0.0895. The molecule has 1 aromatic carbocycles. The molecule has 2 unspecified atom stereocenters. The highest BCUT2D eigenvalue weighted by Gasteiger charge is 2.37. The zero-order valence-corrected chi connectivity index (χ0v) is 13.7. The van der Waals surface area contributed by atoms with Gasteiger partial charge in [-0.1, -0.05) is 25.1 Å². The first-order chi connectivity index (χ1) is 10.2. The van der Waals surface area contributed by atoms with Crippen molar-refractivity contribution in [3.05, 3.63) is 29.8 Å². The standard InChI is InChI=1S/C18H30N2O/c1-4-19-18(14-21)12-8-10-16(13-18)20(5-2)17-11-7-6-9-15(17)3/h6-7,9,11,16,19,21H,4-5,8,10,12-14H2,1-3H3. The largest absolute Gasteiger partial charge is 0.394 e. The number of benzene rings is 1. The van der Waals surface area contributed by atoms with Crippen LogP contribution in [0, 0.1) is 6.92 Å². The van der Waals surface area contributed by atoms with Gasteiger partial charge in [0.15, 0.2) is 0 Å². The molecular weight excluding hydrogens is 260 g/mol. The highest BCUT2D eigenvalue weighted by atomic mass is 16.3. The summed E-state index contributed by atoms with van der Waals surface area (Å²) >= 11 is 0. The predicted octanol–water partition coefficient (Wildman–Crippen LogP) is 3.10. The number of likely N-dealkylation sites (N-methyl/N-ethyl adjacent to an activating group) is 1. The number of rotatable bonds is 6. The van der Waals surface area contributed by atoms with E-state index in [1.807, 2.05) is 0 Å². The summed E-state index contributed by atoms with van der Waals surface area (Å²) in [5.74, 6) is 0. The number of anilines is 1. The van der Waals surface area contributed by atoms with Crippen LogP contribution < -0.4 is 10.2 Å². The van der Waals surface area contributed by atoms with E-state index in [-0.39, 0.29) is 12.1 Å². The fourth-order valence-corrected chi connectivity index (χ4v) is 3.84. The van der Waals surface area contributed by atoms with Crippen molar-refractivity contribution in [2.45, 2.75) is 58.0 Å². The number of aryl methyl sites for hydroxylation is 1. The average molecular weight is 290 g/mol. The van der Waals surface area contributed by atoms with Crippen LogP contribution in [0.2, 0.25) is 0 Å². The molecular formula is C18H30N2O. The lowest BCUT2D eigenvalue weighted by molar-refractivity contribution is 0.113. The summed E-state index contributed by atoms with van der Waals surface area (Å²) in [5.41, 5.74) is 2.59. The van der Waals surface area contributed by atoms with Gasteiger partial charge in [0.05, 0.1) is 6.61 Å². The van der Waals surface area contributed by atoms with Gasteiger partial charge in [0.1, 0.15) is 0 Å². The lowest BCUT2D eigenvalue weighted by Gasteiger charge is -2.45. The summed E-state index contributed by atoms with van der Waals surface area (Å²) in [6.07, 6.45) is 4.51. The van der Waals surface area contributed by atoms with E-state index in [1.165, 1.54) is 24.1 Å². The first-order valence-corrected chi connectivity index (χ1v) is 8.34. The number of nitrogens with zero attached hydrogens (tertiary/aromatic N) is 1. The Balaban J connectivity index is 2.20. The zero-order chi connectivity index (χ0) is 15.3. The third kappa shape index (κ3) is 3.58. The van der Waals surface area contributed by atoms with Crippen LogP contribution in [0.15, 0.2) is 24.3 Å². The van der Waals surface area contributed by atoms with Crippen molar-refractivity contribution in [2.24, 2.45) is 0 Å². The summed E-state index contributed by atoms with van der Waals surface area (Å²) in [6.45, 7) is 8.72. The molecule has 21 heavy (non-hydrogen) atoms. The van der Waals surface area contributed by atoms with Crippen molar-refractivity contribution in [3.63, 3.8) is 0 Å². The molecule has 3 heteroatoms. The average Bonchev–Trinajstić information content (AvgIpc) is 2.50. The van der Waals surface area contributed by atoms with Gasteiger partial charge >= 0.3 is 0 Å². The Bertz CT molecular complexity index is 445. The Kier molecular flexibility index (Phi) is 5.65. The number of para-hydroxylation sites is 1. The van der Waals surface area contributed by atoms with Gasteiger partial charge in [0.25, 0.3) is 0 Å². The zero-order valence-electron chi connectivity index (χ0n) is 13.7. The Morgan fingerprint density at radius 3 is 2.71 bits per heavy atom. The molecule has 1 aromatic rings. The maximum atomic E-state index is 9.89. The third-order valence-electron chi connectivity index (χ3n) is 4.88. The van der Waals surface area contributed by atoms with E-state index in [9.17, 15) is 5.11 Å². The number of aliphatic hydroxyl groups is 1. The molecule has 0 amide bonds. The van der Waals surface area contributed by atoms with Crippen molar-refractivity contribution in [1.29, 1.82) is 0 Å². The monoisotopic (exact) mass is 290 g/mol. The molecule has 0 saturated heterocycles. The Labute approximate surface area is 129 Å². The molecule has 0 aromatic heterocycles. The van der Waals surface area contributed by atoms with Crippen LogP contribution in [0.5, 0.6) is 0 Å². The molecule has 0 spiro atoms. The van der Waals surface area contributed by atoms with Crippen LogP contribution in [0.4, 0.5) is 5.69 Å². The Hall–Kier alpha value is -1.06. The molecule has 1 saturated carbocycles. The smallest absolute Gasteiger partial charge is 0.0614 e. The quantitative estimate of drug-likeness (QED) is 0.845. The molecule has 0 bridgehead atoms. The van der Waals surface area contributed by atoms with E-state index < -0.39 is 0 Å². The maximum Gasteiger partial charge on any atom is 0.0614 e.